The first-order valence-electron chi connectivity index (χ1n) is 9.25. The minimum absolute atomic E-state index is 0.131. The summed E-state index contributed by atoms with van der Waals surface area (Å²) in [6.45, 7) is 1.54. The highest BCUT2D eigenvalue weighted by atomic mass is 35.5. The molecule has 1 aliphatic carbocycles. The van der Waals surface area contributed by atoms with E-state index in [0.29, 0.717) is 19.6 Å². The van der Waals surface area contributed by atoms with Crippen molar-refractivity contribution >= 4 is 17.5 Å². The van der Waals surface area contributed by atoms with Crippen LogP contribution in [0.2, 0.25) is 5.02 Å². The molecule has 27 heavy (non-hydrogen) atoms. The summed E-state index contributed by atoms with van der Waals surface area (Å²) >= 11 is 6.30. The van der Waals surface area contributed by atoms with Crippen LogP contribution in [0.5, 0.6) is 0 Å². The second-order valence-electron chi connectivity index (χ2n) is 6.96. The summed E-state index contributed by atoms with van der Waals surface area (Å²) in [5.41, 5.74) is 1.03. The lowest BCUT2D eigenvalue weighted by Gasteiger charge is -2.31. The third kappa shape index (κ3) is 4.08. The van der Waals surface area contributed by atoms with Gasteiger partial charge in [-0.3, -0.25) is 4.79 Å². The average Bonchev–Trinajstić information content (AvgIpc) is 3.27. The second kappa shape index (κ2) is 8.01. The molecule has 0 N–H and O–H groups in total. The van der Waals surface area contributed by atoms with Crippen molar-refractivity contribution in [1.82, 2.24) is 14.5 Å². The van der Waals surface area contributed by atoms with Crippen molar-refractivity contribution in [3.63, 3.8) is 0 Å². The van der Waals surface area contributed by atoms with E-state index in [9.17, 15) is 4.79 Å². The van der Waals surface area contributed by atoms with Gasteiger partial charge >= 0.3 is 0 Å². The monoisotopic (exact) mass is 383 g/mol. The second-order valence-corrected chi connectivity index (χ2v) is 7.37. The van der Waals surface area contributed by atoms with Gasteiger partial charge in [-0.1, -0.05) is 36.2 Å². The summed E-state index contributed by atoms with van der Waals surface area (Å²) in [7, 11) is 0. The summed E-state index contributed by atoms with van der Waals surface area (Å²) in [5.74, 6) is 1.94. The normalized spacial score (nSPS) is 14.1. The Bertz CT molecular complexity index is 900. The maximum absolute atomic E-state index is 12.9. The predicted molar refractivity (Wildman–Crippen MR) is 103 cm³/mol. The van der Waals surface area contributed by atoms with Crippen LogP contribution in [0.4, 0.5) is 0 Å². The minimum Gasteiger partial charge on any atom is -0.467 e. The Morgan fingerprint density at radius 2 is 2.07 bits per heavy atom. The Morgan fingerprint density at radius 3 is 2.78 bits per heavy atom. The number of carbonyl (C=O) groups is 1. The molecule has 4 rings (SSSR count). The molecule has 0 saturated heterocycles. The summed E-state index contributed by atoms with van der Waals surface area (Å²) < 4.78 is 7.51. The molecule has 1 aromatic carbocycles. The molecule has 1 fully saturated rings. The van der Waals surface area contributed by atoms with Crippen LogP contribution < -0.4 is 0 Å². The van der Waals surface area contributed by atoms with Crippen LogP contribution in [-0.2, 0) is 24.4 Å². The van der Waals surface area contributed by atoms with E-state index in [-0.39, 0.29) is 11.8 Å². The van der Waals surface area contributed by atoms with Gasteiger partial charge < -0.3 is 13.9 Å². The molecule has 1 saturated carbocycles. The molecular formula is C21H22ClN3O2. The van der Waals surface area contributed by atoms with E-state index >= 15 is 0 Å². The van der Waals surface area contributed by atoms with E-state index in [1.165, 1.54) is 0 Å². The largest absolute Gasteiger partial charge is 0.467 e. The predicted octanol–water partition coefficient (Wildman–Crippen LogP) is 4.51. The molecule has 0 radical (unpaired) electrons. The first-order chi connectivity index (χ1) is 13.2. The Hall–Kier alpha value is -2.53. The smallest absolute Gasteiger partial charge is 0.226 e. The zero-order valence-electron chi connectivity index (χ0n) is 15.1. The number of aromatic nitrogens is 2. The topological polar surface area (TPSA) is 51.3 Å². The first-order valence-corrected chi connectivity index (χ1v) is 9.63. The van der Waals surface area contributed by atoms with Crippen LogP contribution in [0, 0.1) is 5.92 Å². The number of imidazole rings is 1. The van der Waals surface area contributed by atoms with Crippen molar-refractivity contribution < 1.29 is 9.21 Å². The fourth-order valence-electron chi connectivity index (χ4n) is 3.33. The van der Waals surface area contributed by atoms with Crippen LogP contribution in [0.25, 0.3) is 0 Å². The molecular weight excluding hydrogens is 362 g/mol. The van der Waals surface area contributed by atoms with Crippen molar-refractivity contribution in [3.05, 3.63) is 77.2 Å². The van der Waals surface area contributed by atoms with Gasteiger partial charge in [-0.15, -0.1) is 0 Å². The molecule has 0 aliphatic heterocycles. The number of carbonyl (C=O) groups excluding carboxylic acids is 1. The van der Waals surface area contributed by atoms with Crippen molar-refractivity contribution in [2.45, 2.75) is 38.9 Å². The number of benzene rings is 1. The highest BCUT2D eigenvalue weighted by Crippen LogP contribution is 2.29. The molecule has 0 atom stereocenters. The molecule has 3 aromatic rings. The minimum atomic E-state index is 0.131. The third-order valence-electron chi connectivity index (χ3n) is 5.13. The fraction of sp³-hybridized carbons (Fsp3) is 0.333. The van der Waals surface area contributed by atoms with Gasteiger partial charge in [0.15, 0.2) is 0 Å². The van der Waals surface area contributed by atoms with Gasteiger partial charge in [-0.05, 0) is 36.6 Å². The number of furan rings is 1. The van der Waals surface area contributed by atoms with Gasteiger partial charge in [-0.2, -0.15) is 0 Å². The molecule has 0 unspecified atom stereocenters. The van der Waals surface area contributed by atoms with Crippen LogP contribution in [0.3, 0.4) is 0 Å². The Morgan fingerprint density at radius 1 is 1.22 bits per heavy atom. The van der Waals surface area contributed by atoms with E-state index in [0.717, 1.165) is 41.4 Å². The van der Waals surface area contributed by atoms with Crippen molar-refractivity contribution in [3.8, 4) is 0 Å². The lowest BCUT2D eigenvalue weighted by atomic mass is 9.84. The number of rotatable bonds is 7. The number of nitrogens with zero attached hydrogens (tertiary/aromatic N) is 3. The molecule has 140 valence electrons. The molecule has 0 spiro atoms. The zero-order chi connectivity index (χ0) is 18.6. The first kappa shape index (κ1) is 17.9. The van der Waals surface area contributed by atoms with Gasteiger partial charge in [0.1, 0.15) is 11.6 Å². The number of hydrogen-bond acceptors (Lipinski definition) is 3. The van der Waals surface area contributed by atoms with E-state index < -0.39 is 0 Å². The molecule has 1 aliphatic rings. The van der Waals surface area contributed by atoms with Crippen molar-refractivity contribution in [2.24, 2.45) is 5.92 Å². The standard InChI is InChI=1S/C21H22ClN3O2/c22-19-9-2-1-5-17(19)13-24-11-10-23-20(24)15-25(14-18-8-4-12-27-18)21(26)16-6-3-7-16/h1-2,4-5,8-12,16H,3,6-7,13-15H2. The third-order valence-corrected chi connectivity index (χ3v) is 5.49. The lowest BCUT2D eigenvalue weighted by molar-refractivity contribution is -0.139. The van der Waals surface area contributed by atoms with Gasteiger partial charge in [-0.25, -0.2) is 4.98 Å². The van der Waals surface area contributed by atoms with E-state index in [2.05, 4.69) is 4.98 Å². The maximum Gasteiger partial charge on any atom is 0.226 e. The summed E-state index contributed by atoms with van der Waals surface area (Å²) in [5, 5.41) is 0.732. The Labute approximate surface area is 163 Å². The number of halogens is 1. The van der Waals surface area contributed by atoms with Crippen LogP contribution >= 0.6 is 11.6 Å². The maximum atomic E-state index is 12.9. The number of amides is 1. The average molecular weight is 384 g/mol. The fourth-order valence-corrected chi connectivity index (χ4v) is 3.53. The van der Waals surface area contributed by atoms with Gasteiger partial charge in [0.05, 0.1) is 25.9 Å². The van der Waals surface area contributed by atoms with Crippen LogP contribution in [0.15, 0.2) is 59.5 Å². The number of hydrogen-bond donors (Lipinski definition) is 0. The van der Waals surface area contributed by atoms with Crippen molar-refractivity contribution in [2.75, 3.05) is 0 Å². The van der Waals surface area contributed by atoms with Gasteiger partial charge in [0, 0.05) is 23.3 Å². The molecule has 5 nitrogen and oxygen atoms in total. The van der Waals surface area contributed by atoms with Crippen molar-refractivity contribution in [1.29, 1.82) is 0 Å². The Kier molecular flexibility index (Phi) is 5.30. The molecule has 6 heteroatoms. The SMILES string of the molecule is O=C(C1CCC1)N(Cc1ccco1)Cc1nccn1Cc1ccccc1Cl. The van der Waals surface area contributed by atoms with Gasteiger partial charge in [0.25, 0.3) is 0 Å². The summed E-state index contributed by atoms with van der Waals surface area (Å²) in [6, 6.07) is 11.5. The van der Waals surface area contributed by atoms with E-state index in [1.54, 1.807) is 12.5 Å². The zero-order valence-corrected chi connectivity index (χ0v) is 15.8. The summed E-state index contributed by atoms with van der Waals surface area (Å²) in [6.07, 6.45) is 8.41. The Balaban J connectivity index is 1.53. The van der Waals surface area contributed by atoms with Gasteiger partial charge in [0.2, 0.25) is 5.91 Å². The molecule has 2 heterocycles. The highest BCUT2D eigenvalue weighted by Gasteiger charge is 2.30. The van der Waals surface area contributed by atoms with E-state index in [4.69, 9.17) is 16.0 Å². The summed E-state index contributed by atoms with van der Waals surface area (Å²) in [4.78, 5) is 19.3. The van der Waals surface area contributed by atoms with Crippen LogP contribution in [0.1, 0.15) is 36.4 Å². The lowest BCUT2D eigenvalue weighted by Crippen LogP contribution is -2.38. The molecule has 1 amide bonds. The quantitative estimate of drug-likeness (QED) is 0.603. The molecule has 2 aromatic heterocycles. The molecule has 0 bridgehead atoms. The van der Waals surface area contributed by atoms with Crippen LogP contribution in [-0.4, -0.2) is 20.4 Å². The van der Waals surface area contributed by atoms with E-state index in [1.807, 2.05) is 52.1 Å². The highest BCUT2D eigenvalue weighted by molar-refractivity contribution is 6.31.